The number of phenolic OH excluding ortho intramolecular Hbond substituents is 1. The van der Waals surface area contributed by atoms with Crippen LogP contribution < -0.4 is 5.32 Å². The second kappa shape index (κ2) is 10.5. The molecule has 1 aromatic rings. The van der Waals surface area contributed by atoms with Gasteiger partial charge in [0.25, 0.3) is 0 Å². The minimum Gasteiger partial charge on any atom is -0.507 e. The highest BCUT2D eigenvalue weighted by atomic mass is 28.4. The topological polar surface area (TPSA) is 72.3 Å². The minimum absolute atomic E-state index is 0.249. The SMILES string of the molecule is CO[Si](CCCNCCN=Cc1ccccc1O)(OC)OC. The molecule has 0 aromatic heterocycles. The fraction of sp³-hybridized carbons (Fsp3) is 0.533. The number of para-hydroxylation sites is 1. The van der Waals surface area contributed by atoms with Crippen molar-refractivity contribution < 1.29 is 18.4 Å². The van der Waals surface area contributed by atoms with Gasteiger partial charge in [0.05, 0.1) is 6.54 Å². The van der Waals surface area contributed by atoms with Gasteiger partial charge < -0.3 is 23.7 Å². The van der Waals surface area contributed by atoms with E-state index < -0.39 is 8.80 Å². The summed E-state index contributed by atoms with van der Waals surface area (Å²) in [7, 11) is 2.44. The quantitative estimate of drug-likeness (QED) is 0.368. The molecule has 0 fully saturated rings. The zero-order valence-corrected chi connectivity index (χ0v) is 14.5. The summed E-state index contributed by atoms with van der Waals surface area (Å²) < 4.78 is 16.1. The molecule has 22 heavy (non-hydrogen) atoms. The lowest BCUT2D eigenvalue weighted by Gasteiger charge is -2.24. The van der Waals surface area contributed by atoms with Crippen LogP contribution >= 0.6 is 0 Å². The van der Waals surface area contributed by atoms with Crippen molar-refractivity contribution >= 4 is 15.0 Å². The molecule has 0 bridgehead atoms. The second-order valence-electron chi connectivity index (χ2n) is 4.74. The first-order valence-electron chi connectivity index (χ1n) is 7.31. The van der Waals surface area contributed by atoms with E-state index in [9.17, 15) is 5.11 Å². The van der Waals surface area contributed by atoms with Crippen LogP contribution in [0.25, 0.3) is 0 Å². The number of benzene rings is 1. The molecule has 0 aliphatic rings. The van der Waals surface area contributed by atoms with Crippen LogP contribution in [0.3, 0.4) is 0 Å². The fourth-order valence-corrected chi connectivity index (χ4v) is 3.74. The maximum atomic E-state index is 9.59. The minimum atomic E-state index is -2.44. The van der Waals surface area contributed by atoms with Gasteiger partial charge in [-0.2, -0.15) is 0 Å². The first-order valence-corrected chi connectivity index (χ1v) is 9.24. The van der Waals surface area contributed by atoms with Gasteiger partial charge in [-0.05, 0) is 25.1 Å². The van der Waals surface area contributed by atoms with Crippen LogP contribution in [0.5, 0.6) is 5.75 Å². The van der Waals surface area contributed by atoms with E-state index in [0.717, 1.165) is 31.1 Å². The summed E-state index contributed by atoms with van der Waals surface area (Å²) in [6.07, 6.45) is 2.61. The molecule has 1 aromatic carbocycles. The molecule has 0 saturated carbocycles. The van der Waals surface area contributed by atoms with Crippen molar-refractivity contribution in [3.63, 3.8) is 0 Å². The third kappa shape index (κ3) is 6.25. The van der Waals surface area contributed by atoms with Crippen LogP contribution in [0.1, 0.15) is 12.0 Å². The van der Waals surface area contributed by atoms with E-state index in [1.807, 2.05) is 12.1 Å². The number of hydrogen-bond donors (Lipinski definition) is 2. The van der Waals surface area contributed by atoms with Gasteiger partial charge in [0, 0.05) is 45.7 Å². The van der Waals surface area contributed by atoms with Gasteiger partial charge in [0.2, 0.25) is 0 Å². The largest absolute Gasteiger partial charge is 0.507 e. The van der Waals surface area contributed by atoms with Gasteiger partial charge in [-0.15, -0.1) is 0 Å². The third-order valence-corrected chi connectivity index (χ3v) is 6.19. The summed E-state index contributed by atoms with van der Waals surface area (Å²) in [4.78, 5) is 4.28. The van der Waals surface area contributed by atoms with Crippen molar-refractivity contribution in [2.24, 2.45) is 4.99 Å². The molecule has 1 rings (SSSR count). The van der Waals surface area contributed by atoms with Crippen molar-refractivity contribution in [3.8, 4) is 5.75 Å². The standard InChI is InChI=1S/C15H26N2O4Si/c1-19-22(20-2,21-3)12-6-9-16-10-11-17-13-14-7-4-5-8-15(14)18/h4-5,7-8,13,16,18H,6,9-12H2,1-3H3. The fourth-order valence-electron chi connectivity index (χ4n) is 2.01. The molecule has 0 spiro atoms. The van der Waals surface area contributed by atoms with Gasteiger partial charge in [-0.25, -0.2) is 0 Å². The zero-order valence-electron chi connectivity index (χ0n) is 13.5. The van der Waals surface area contributed by atoms with Gasteiger partial charge in [-0.1, -0.05) is 12.1 Å². The molecule has 7 heteroatoms. The summed E-state index contributed by atoms with van der Waals surface area (Å²) in [6, 6.07) is 7.92. The average Bonchev–Trinajstić information content (AvgIpc) is 2.56. The molecule has 2 N–H and O–H groups in total. The van der Waals surface area contributed by atoms with Crippen LogP contribution in [0.4, 0.5) is 0 Å². The van der Waals surface area contributed by atoms with Gasteiger partial charge in [-0.3, -0.25) is 4.99 Å². The lowest BCUT2D eigenvalue weighted by atomic mass is 10.2. The predicted molar refractivity (Wildman–Crippen MR) is 89.6 cm³/mol. The lowest BCUT2D eigenvalue weighted by molar-refractivity contribution is 0.123. The number of nitrogens with one attached hydrogen (secondary N) is 1. The highest BCUT2D eigenvalue weighted by Gasteiger charge is 2.36. The summed E-state index contributed by atoms with van der Waals surface area (Å²) in [5.41, 5.74) is 0.735. The van der Waals surface area contributed by atoms with E-state index in [0.29, 0.717) is 6.54 Å². The normalized spacial score (nSPS) is 12.1. The number of hydrogen-bond acceptors (Lipinski definition) is 6. The van der Waals surface area contributed by atoms with E-state index in [4.69, 9.17) is 13.3 Å². The Morgan fingerprint density at radius 1 is 1.14 bits per heavy atom. The Kier molecular flexibility index (Phi) is 8.94. The number of rotatable bonds is 11. The summed E-state index contributed by atoms with van der Waals surface area (Å²) in [6.45, 7) is 2.30. The maximum absolute atomic E-state index is 9.59. The first kappa shape index (κ1) is 18.8. The van der Waals surface area contributed by atoms with E-state index in [-0.39, 0.29) is 5.75 Å². The van der Waals surface area contributed by atoms with Crippen molar-refractivity contribution in [2.45, 2.75) is 12.5 Å². The molecule has 0 saturated heterocycles. The van der Waals surface area contributed by atoms with E-state index >= 15 is 0 Å². The molecule has 0 aliphatic heterocycles. The summed E-state index contributed by atoms with van der Waals surface area (Å²) in [5.74, 6) is 0.249. The van der Waals surface area contributed by atoms with E-state index in [2.05, 4.69) is 10.3 Å². The third-order valence-electron chi connectivity index (χ3n) is 3.35. The second-order valence-corrected chi connectivity index (χ2v) is 7.83. The highest BCUT2D eigenvalue weighted by Crippen LogP contribution is 2.14. The number of aromatic hydroxyl groups is 1. The van der Waals surface area contributed by atoms with E-state index in [1.54, 1.807) is 39.7 Å². The Hall–Kier alpha value is -1.25. The lowest BCUT2D eigenvalue weighted by Crippen LogP contribution is -2.43. The Labute approximate surface area is 133 Å². The molecule has 0 amide bonds. The maximum Gasteiger partial charge on any atom is 0.500 e. The van der Waals surface area contributed by atoms with Gasteiger partial charge in [0.1, 0.15) is 5.75 Å². The molecule has 0 aliphatic carbocycles. The Morgan fingerprint density at radius 2 is 1.82 bits per heavy atom. The van der Waals surface area contributed by atoms with Crippen LogP contribution in [-0.2, 0) is 13.3 Å². The van der Waals surface area contributed by atoms with Gasteiger partial charge >= 0.3 is 8.80 Å². The monoisotopic (exact) mass is 326 g/mol. The number of nitrogens with zero attached hydrogens (tertiary/aromatic N) is 1. The van der Waals surface area contributed by atoms with E-state index in [1.165, 1.54) is 0 Å². The first-order chi connectivity index (χ1) is 10.7. The summed E-state index contributed by atoms with van der Waals surface area (Å²) in [5, 5.41) is 12.9. The van der Waals surface area contributed by atoms with Crippen molar-refractivity contribution in [1.29, 1.82) is 0 Å². The smallest absolute Gasteiger partial charge is 0.500 e. The average molecular weight is 326 g/mol. The van der Waals surface area contributed by atoms with Crippen molar-refractivity contribution in [3.05, 3.63) is 29.8 Å². The molecule has 0 atom stereocenters. The molecule has 0 radical (unpaired) electrons. The molecule has 6 nitrogen and oxygen atoms in total. The van der Waals surface area contributed by atoms with Crippen molar-refractivity contribution in [2.75, 3.05) is 41.0 Å². The van der Waals surface area contributed by atoms with Gasteiger partial charge in [0.15, 0.2) is 0 Å². The van der Waals surface area contributed by atoms with Crippen LogP contribution in [-0.4, -0.2) is 61.1 Å². The predicted octanol–water partition coefficient (Wildman–Crippen LogP) is 1.67. The Bertz CT molecular complexity index is 445. The molecule has 0 heterocycles. The molecular formula is C15H26N2O4Si. The molecular weight excluding hydrogens is 300 g/mol. The Balaban J connectivity index is 2.15. The highest BCUT2D eigenvalue weighted by molar-refractivity contribution is 6.60. The molecule has 124 valence electrons. The summed E-state index contributed by atoms with van der Waals surface area (Å²) >= 11 is 0. The zero-order chi connectivity index (χ0) is 16.3. The van der Waals surface area contributed by atoms with Crippen LogP contribution in [0, 0.1) is 0 Å². The Morgan fingerprint density at radius 3 is 2.45 bits per heavy atom. The van der Waals surface area contributed by atoms with Crippen LogP contribution in [0.15, 0.2) is 29.3 Å². The number of phenols is 1. The van der Waals surface area contributed by atoms with Crippen LogP contribution in [0.2, 0.25) is 6.04 Å². The molecule has 0 unspecified atom stereocenters. The van der Waals surface area contributed by atoms with Crippen molar-refractivity contribution in [1.82, 2.24) is 5.32 Å². The number of aliphatic imine (C=N–C) groups is 1.